The van der Waals surface area contributed by atoms with Gasteiger partial charge < -0.3 is 5.11 Å². The molecule has 1 heterocycles. The van der Waals surface area contributed by atoms with Crippen molar-refractivity contribution >= 4 is 10.0 Å². The van der Waals surface area contributed by atoms with Crippen molar-refractivity contribution in [2.24, 2.45) is 0 Å². The van der Waals surface area contributed by atoms with Gasteiger partial charge in [-0.2, -0.15) is 4.31 Å². The van der Waals surface area contributed by atoms with Crippen LogP contribution in [0.3, 0.4) is 0 Å². The first kappa shape index (κ1) is 15.1. The summed E-state index contributed by atoms with van der Waals surface area (Å²) in [4.78, 5) is 0. The first-order valence-electron chi connectivity index (χ1n) is 7.39. The van der Waals surface area contributed by atoms with E-state index in [1.54, 1.807) is 28.6 Å². The Bertz CT molecular complexity index is 726. The average Bonchev–Trinajstić information content (AvgIpc) is 2.52. The molecule has 1 aliphatic rings. The van der Waals surface area contributed by atoms with Gasteiger partial charge in [-0.1, -0.05) is 42.5 Å². The lowest BCUT2D eigenvalue weighted by Crippen LogP contribution is -2.39. The molecule has 0 saturated carbocycles. The lowest BCUT2D eigenvalue weighted by Gasteiger charge is -2.32. The number of hydrogen-bond acceptors (Lipinski definition) is 3. The number of sulfonamides is 1. The highest BCUT2D eigenvalue weighted by molar-refractivity contribution is 7.89. The van der Waals surface area contributed by atoms with Gasteiger partial charge in [0.2, 0.25) is 10.0 Å². The zero-order valence-electron chi connectivity index (χ0n) is 12.2. The van der Waals surface area contributed by atoms with Crippen molar-refractivity contribution in [3.63, 3.8) is 0 Å². The van der Waals surface area contributed by atoms with Crippen molar-refractivity contribution in [2.45, 2.75) is 24.6 Å². The predicted molar refractivity (Wildman–Crippen MR) is 85.9 cm³/mol. The second-order valence-corrected chi connectivity index (χ2v) is 7.70. The average molecular weight is 317 g/mol. The largest absolute Gasteiger partial charge is 0.508 e. The maximum absolute atomic E-state index is 12.9. The zero-order chi connectivity index (χ0) is 15.6. The van der Waals surface area contributed by atoms with Gasteiger partial charge >= 0.3 is 0 Å². The standard InChI is InChI=1S/C17H19NO3S/c19-16-10-8-14(9-11-16)13-18-12-4-7-17(22(18,20)21)15-5-2-1-3-6-15/h1-3,5-6,8-11,17,19H,4,7,12-13H2. The Morgan fingerprint density at radius 1 is 1.05 bits per heavy atom. The summed E-state index contributed by atoms with van der Waals surface area (Å²) in [6.45, 7) is 0.901. The molecule has 2 aromatic rings. The fourth-order valence-electron chi connectivity index (χ4n) is 2.89. The fraction of sp³-hybridized carbons (Fsp3) is 0.294. The van der Waals surface area contributed by atoms with Crippen molar-refractivity contribution in [2.75, 3.05) is 6.54 Å². The molecule has 3 rings (SSSR count). The molecule has 1 fully saturated rings. The van der Waals surface area contributed by atoms with Gasteiger partial charge in [0.15, 0.2) is 0 Å². The Labute approximate surface area is 131 Å². The molecule has 0 aliphatic carbocycles. The summed E-state index contributed by atoms with van der Waals surface area (Å²) in [5.41, 5.74) is 1.74. The van der Waals surface area contributed by atoms with Crippen LogP contribution in [0.25, 0.3) is 0 Å². The lowest BCUT2D eigenvalue weighted by atomic mass is 10.1. The van der Waals surface area contributed by atoms with Crippen molar-refractivity contribution in [1.82, 2.24) is 4.31 Å². The molecule has 22 heavy (non-hydrogen) atoms. The monoisotopic (exact) mass is 317 g/mol. The van der Waals surface area contributed by atoms with Gasteiger partial charge in [0, 0.05) is 13.1 Å². The van der Waals surface area contributed by atoms with Crippen LogP contribution in [0, 0.1) is 0 Å². The van der Waals surface area contributed by atoms with E-state index in [4.69, 9.17) is 0 Å². The third kappa shape index (κ3) is 3.00. The number of phenols is 1. The highest BCUT2D eigenvalue weighted by Gasteiger charge is 2.36. The SMILES string of the molecule is O=S1(=O)C(c2ccccc2)CCCN1Cc1ccc(O)cc1. The van der Waals surface area contributed by atoms with Crippen molar-refractivity contribution in [3.05, 3.63) is 65.7 Å². The molecule has 4 nitrogen and oxygen atoms in total. The van der Waals surface area contributed by atoms with Gasteiger partial charge in [-0.15, -0.1) is 0 Å². The minimum Gasteiger partial charge on any atom is -0.508 e. The Morgan fingerprint density at radius 2 is 1.73 bits per heavy atom. The van der Waals surface area contributed by atoms with E-state index in [0.717, 1.165) is 17.5 Å². The first-order chi connectivity index (χ1) is 10.6. The second-order valence-electron chi connectivity index (χ2n) is 5.59. The van der Waals surface area contributed by atoms with Gasteiger partial charge in [0.1, 0.15) is 11.0 Å². The number of rotatable bonds is 3. The van der Waals surface area contributed by atoms with Crippen LogP contribution in [-0.2, 0) is 16.6 Å². The number of nitrogens with zero attached hydrogens (tertiary/aromatic N) is 1. The molecule has 5 heteroatoms. The quantitative estimate of drug-likeness (QED) is 0.946. The summed E-state index contributed by atoms with van der Waals surface area (Å²) >= 11 is 0. The van der Waals surface area contributed by atoms with E-state index in [-0.39, 0.29) is 5.75 Å². The van der Waals surface area contributed by atoms with E-state index >= 15 is 0 Å². The van der Waals surface area contributed by atoms with Crippen LogP contribution in [0.2, 0.25) is 0 Å². The molecule has 1 aliphatic heterocycles. The van der Waals surface area contributed by atoms with Gasteiger partial charge in [-0.05, 0) is 36.1 Å². The van der Waals surface area contributed by atoms with Crippen LogP contribution in [0.1, 0.15) is 29.2 Å². The zero-order valence-corrected chi connectivity index (χ0v) is 13.0. The van der Waals surface area contributed by atoms with E-state index in [1.807, 2.05) is 30.3 Å². The predicted octanol–water partition coefficient (Wildman–Crippen LogP) is 3.06. The molecule has 0 aromatic heterocycles. The van der Waals surface area contributed by atoms with Gasteiger partial charge in [-0.3, -0.25) is 0 Å². The normalized spacial score (nSPS) is 21.5. The summed E-state index contributed by atoms with van der Waals surface area (Å²) in [5.74, 6) is 0.187. The summed E-state index contributed by atoms with van der Waals surface area (Å²) in [7, 11) is -3.35. The summed E-state index contributed by atoms with van der Waals surface area (Å²) < 4.78 is 27.3. The number of phenolic OH excluding ortho intramolecular Hbond substituents is 1. The van der Waals surface area contributed by atoms with Gasteiger partial charge in [-0.25, -0.2) is 8.42 Å². The summed E-state index contributed by atoms with van der Waals surface area (Å²) in [5, 5.41) is 8.87. The molecule has 0 bridgehead atoms. The third-order valence-corrected chi connectivity index (χ3v) is 6.32. The molecule has 116 valence electrons. The second kappa shape index (κ2) is 6.10. The molecular weight excluding hydrogens is 298 g/mol. The van der Waals surface area contributed by atoms with Crippen LogP contribution in [0.15, 0.2) is 54.6 Å². The van der Waals surface area contributed by atoms with Crippen LogP contribution >= 0.6 is 0 Å². The van der Waals surface area contributed by atoms with Gasteiger partial charge in [0.25, 0.3) is 0 Å². The molecule has 1 unspecified atom stereocenters. The topological polar surface area (TPSA) is 57.6 Å². The highest BCUT2D eigenvalue weighted by atomic mass is 32.2. The summed E-state index contributed by atoms with van der Waals surface area (Å²) in [6, 6.07) is 16.1. The lowest BCUT2D eigenvalue weighted by molar-refractivity contribution is 0.359. The van der Waals surface area contributed by atoms with Gasteiger partial charge in [0.05, 0.1) is 0 Å². The molecule has 0 amide bonds. The Balaban J connectivity index is 1.85. The minimum absolute atomic E-state index is 0.187. The Kier molecular flexibility index (Phi) is 4.18. The Hall–Kier alpha value is -1.85. The fourth-order valence-corrected chi connectivity index (χ4v) is 4.93. The first-order valence-corrected chi connectivity index (χ1v) is 8.89. The molecule has 0 spiro atoms. The minimum atomic E-state index is -3.35. The van der Waals surface area contributed by atoms with E-state index in [0.29, 0.717) is 19.5 Å². The van der Waals surface area contributed by atoms with Crippen molar-refractivity contribution in [3.8, 4) is 5.75 Å². The van der Waals surface area contributed by atoms with Crippen LogP contribution in [0.5, 0.6) is 5.75 Å². The third-order valence-electron chi connectivity index (χ3n) is 4.06. The van der Waals surface area contributed by atoms with Crippen molar-refractivity contribution < 1.29 is 13.5 Å². The smallest absolute Gasteiger partial charge is 0.221 e. The summed E-state index contributed by atoms with van der Waals surface area (Å²) in [6.07, 6.45) is 1.52. The molecule has 0 radical (unpaired) electrons. The molecular formula is C17H19NO3S. The van der Waals surface area contributed by atoms with Crippen LogP contribution in [-0.4, -0.2) is 24.4 Å². The number of hydrogen-bond donors (Lipinski definition) is 1. The van der Waals surface area contributed by atoms with E-state index in [1.165, 1.54) is 0 Å². The number of aromatic hydroxyl groups is 1. The van der Waals surface area contributed by atoms with E-state index in [9.17, 15) is 13.5 Å². The van der Waals surface area contributed by atoms with E-state index in [2.05, 4.69) is 0 Å². The van der Waals surface area contributed by atoms with Crippen LogP contribution < -0.4 is 0 Å². The molecule has 2 aromatic carbocycles. The Morgan fingerprint density at radius 3 is 2.41 bits per heavy atom. The highest BCUT2D eigenvalue weighted by Crippen LogP contribution is 2.35. The van der Waals surface area contributed by atoms with E-state index < -0.39 is 15.3 Å². The molecule has 1 atom stereocenters. The van der Waals surface area contributed by atoms with Crippen molar-refractivity contribution in [1.29, 1.82) is 0 Å². The maximum atomic E-state index is 12.9. The number of benzene rings is 2. The van der Waals surface area contributed by atoms with Crippen LogP contribution in [0.4, 0.5) is 0 Å². The molecule has 1 N–H and O–H groups in total. The maximum Gasteiger partial charge on any atom is 0.221 e. The molecule has 1 saturated heterocycles.